The molecule has 0 atom stereocenters. The van der Waals surface area contributed by atoms with Gasteiger partial charge >= 0.3 is 0 Å². The minimum absolute atomic E-state index is 0.0749. The minimum atomic E-state index is -0.216. The average molecular weight is 658 g/mol. The van der Waals surface area contributed by atoms with Crippen LogP contribution in [0.25, 0.3) is 49.2 Å². The summed E-state index contributed by atoms with van der Waals surface area (Å²) < 4.78 is 0. The van der Waals surface area contributed by atoms with Crippen molar-refractivity contribution in [2.45, 2.75) is 26.2 Å². The molecule has 0 fully saturated rings. The van der Waals surface area contributed by atoms with Crippen molar-refractivity contribution in [3.63, 3.8) is 0 Å². The molecule has 244 valence electrons. The zero-order chi connectivity index (χ0) is 34.9. The van der Waals surface area contributed by atoms with Crippen LogP contribution in [-0.2, 0) is 5.41 Å². The molecule has 8 aromatic rings. The normalized spacial score (nSPS) is 13.0. The molecule has 0 heterocycles. The van der Waals surface area contributed by atoms with E-state index in [0.29, 0.717) is 11.1 Å². The average Bonchev–Trinajstić information content (AvgIpc) is 3.37. The Labute approximate surface area is 297 Å². The Morgan fingerprint density at radius 1 is 0.471 bits per heavy atom. The number of carbonyl (C=O) groups excluding carboxylic acids is 2. The number of Topliss-reactive ketones (excluding diaryl/α,β-unsaturated/α-hetero) is 2. The summed E-state index contributed by atoms with van der Waals surface area (Å²) in [6, 6.07) is 52.6. The minimum Gasteiger partial charge on any atom is -0.310 e. The summed E-state index contributed by atoms with van der Waals surface area (Å²) in [5.74, 6) is -0.432. The third-order valence-electron chi connectivity index (χ3n) is 10.2. The number of rotatable bonds is 4. The van der Waals surface area contributed by atoms with E-state index in [1.807, 2.05) is 42.5 Å². The second-order valence-corrected chi connectivity index (χ2v) is 14.6. The lowest BCUT2D eigenvalue weighted by Gasteiger charge is -2.28. The molecule has 0 aliphatic heterocycles. The van der Waals surface area contributed by atoms with Crippen molar-refractivity contribution in [2.75, 3.05) is 4.90 Å². The van der Waals surface area contributed by atoms with Gasteiger partial charge in [0.05, 0.1) is 11.3 Å². The van der Waals surface area contributed by atoms with Crippen LogP contribution >= 0.6 is 0 Å². The number of carbonyl (C=O) groups is 2. The molecule has 0 saturated carbocycles. The molecule has 0 spiro atoms. The lowest BCUT2D eigenvalue weighted by molar-refractivity contribution is 0.0990. The van der Waals surface area contributed by atoms with Gasteiger partial charge in [0.1, 0.15) is 0 Å². The summed E-state index contributed by atoms with van der Waals surface area (Å²) in [4.78, 5) is 29.2. The molecule has 3 nitrogen and oxygen atoms in total. The molecule has 0 aromatic heterocycles. The fourth-order valence-corrected chi connectivity index (χ4v) is 7.46. The Balaban J connectivity index is 1.13. The lowest BCUT2D eigenvalue weighted by atomic mass is 9.86. The van der Waals surface area contributed by atoms with E-state index in [1.165, 1.54) is 27.1 Å². The highest BCUT2D eigenvalue weighted by Crippen LogP contribution is 2.41. The number of hydrogen-bond acceptors (Lipinski definition) is 3. The van der Waals surface area contributed by atoms with Crippen LogP contribution in [0.3, 0.4) is 0 Å². The molecular formula is C48H35NO2. The van der Waals surface area contributed by atoms with Gasteiger partial charge in [-0.15, -0.1) is 0 Å². The summed E-state index contributed by atoms with van der Waals surface area (Å²) in [7, 11) is 0. The van der Waals surface area contributed by atoms with Gasteiger partial charge in [0.25, 0.3) is 0 Å². The molecular weight excluding hydrogens is 623 g/mol. The number of anilines is 3. The van der Waals surface area contributed by atoms with E-state index in [-0.39, 0.29) is 22.6 Å². The Morgan fingerprint density at radius 2 is 0.980 bits per heavy atom. The van der Waals surface area contributed by atoms with Crippen LogP contribution in [0.15, 0.2) is 157 Å². The van der Waals surface area contributed by atoms with Gasteiger partial charge in [-0.05, 0) is 109 Å². The molecule has 0 radical (unpaired) electrons. The maximum Gasteiger partial charge on any atom is 0.197 e. The zero-order valence-electron chi connectivity index (χ0n) is 28.8. The van der Waals surface area contributed by atoms with E-state index >= 15 is 0 Å². The first-order chi connectivity index (χ1) is 24.7. The Morgan fingerprint density at radius 3 is 1.63 bits per heavy atom. The molecule has 51 heavy (non-hydrogen) atoms. The van der Waals surface area contributed by atoms with Crippen molar-refractivity contribution < 1.29 is 9.59 Å². The van der Waals surface area contributed by atoms with Gasteiger partial charge < -0.3 is 4.90 Å². The maximum absolute atomic E-state index is 13.4. The number of fused-ring (bicyclic) bond motifs is 5. The number of benzene rings is 8. The molecule has 3 heteroatoms. The van der Waals surface area contributed by atoms with E-state index in [4.69, 9.17) is 0 Å². The fraction of sp³-hybridized carbons (Fsp3) is 0.0833. The summed E-state index contributed by atoms with van der Waals surface area (Å²) in [5.41, 5.74) is 6.60. The molecule has 0 unspecified atom stereocenters. The third-order valence-corrected chi connectivity index (χ3v) is 10.2. The SMILES string of the molecule is CC(C)(C)c1ccc2cc(N(c3ccc4cc(C=C5C(=O)c6cc7ccccc7cc6C5=O)ccc4c3)c3cccc4ccccc34)ccc2c1. The van der Waals surface area contributed by atoms with Crippen LogP contribution in [0.2, 0.25) is 0 Å². The van der Waals surface area contributed by atoms with Crippen LogP contribution in [0.4, 0.5) is 17.1 Å². The van der Waals surface area contributed by atoms with Crippen molar-refractivity contribution in [3.05, 3.63) is 179 Å². The highest BCUT2D eigenvalue weighted by molar-refractivity contribution is 6.42. The second kappa shape index (κ2) is 11.6. The fourth-order valence-electron chi connectivity index (χ4n) is 7.46. The molecule has 0 N–H and O–H groups in total. The van der Waals surface area contributed by atoms with E-state index in [9.17, 15) is 9.59 Å². The van der Waals surface area contributed by atoms with E-state index in [2.05, 4.69) is 135 Å². The molecule has 9 rings (SSSR count). The third kappa shape index (κ3) is 5.30. The second-order valence-electron chi connectivity index (χ2n) is 14.6. The summed E-state index contributed by atoms with van der Waals surface area (Å²) in [6.07, 6.45) is 1.74. The molecule has 8 aromatic carbocycles. The van der Waals surface area contributed by atoms with Gasteiger partial charge in [-0.3, -0.25) is 9.59 Å². The Bertz CT molecular complexity index is 2720. The number of nitrogens with zero attached hydrogens (tertiary/aromatic N) is 1. The summed E-state index contributed by atoms with van der Waals surface area (Å²) >= 11 is 0. The molecule has 1 aliphatic carbocycles. The first-order valence-electron chi connectivity index (χ1n) is 17.4. The Kier molecular flexibility index (Phi) is 7.01. The first-order valence-corrected chi connectivity index (χ1v) is 17.4. The summed E-state index contributed by atoms with van der Waals surface area (Å²) in [5, 5.41) is 8.77. The van der Waals surface area contributed by atoms with Crippen LogP contribution in [-0.4, -0.2) is 11.6 Å². The van der Waals surface area contributed by atoms with Crippen molar-refractivity contribution in [1.82, 2.24) is 0 Å². The summed E-state index contributed by atoms with van der Waals surface area (Å²) in [6.45, 7) is 6.75. The van der Waals surface area contributed by atoms with E-state index in [1.54, 1.807) is 6.08 Å². The standard InChI is InChI=1S/C48H35NO2/c1-48(2,3)38-20-17-37-27-40(22-19-35(37)25-38)49(45-14-8-12-31-9-6-7-13-41(31)45)39-21-18-34-23-30(15-16-36(34)26-39)24-44-46(50)42-28-32-10-4-5-11-33(32)29-43(42)47(44)51/h4-29H,1-3H3. The molecule has 1 aliphatic rings. The number of hydrogen-bond donors (Lipinski definition) is 0. The predicted molar refractivity (Wildman–Crippen MR) is 213 cm³/mol. The van der Waals surface area contributed by atoms with Gasteiger partial charge in [0.2, 0.25) is 0 Å². The highest BCUT2D eigenvalue weighted by Gasteiger charge is 2.33. The highest BCUT2D eigenvalue weighted by atomic mass is 16.2. The number of ketones is 2. The van der Waals surface area contributed by atoms with Crippen molar-refractivity contribution >= 4 is 77.8 Å². The zero-order valence-corrected chi connectivity index (χ0v) is 28.8. The lowest BCUT2D eigenvalue weighted by Crippen LogP contribution is -2.11. The van der Waals surface area contributed by atoms with Crippen LogP contribution in [0.5, 0.6) is 0 Å². The Hall–Kier alpha value is -6.32. The topological polar surface area (TPSA) is 37.4 Å². The van der Waals surface area contributed by atoms with E-state index in [0.717, 1.165) is 44.2 Å². The molecule has 0 amide bonds. The van der Waals surface area contributed by atoms with Gasteiger partial charge in [-0.2, -0.15) is 0 Å². The quantitative estimate of drug-likeness (QED) is 0.140. The van der Waals surface area contributed by atoms with Gasteiger partial charge in [0, 0.05) is 27.9 Å². The van der Waals surface area contributed by atoms with Crippen LogP contribution in [0, 0.1) is 0 Å². The first kappa shape index (κ1) is 30.7. The van der Waals surface area contributed by atoms with Crippen LogP contribution < -0.4 is 4.90 Å². The molecule has 0 bridgehead atoms. The van der Waals surface area contributed by atoms with Crippen molar-refractivity contribution in [2.24, 2.45) is 0 Å². The van der Waals surface area contributed by atoms with Gasteiger partial charge in [-0.25, -0.2) is 0 Å². The number of allylic oxidation sites excluding steroid dienone is 1. The maximum atomic E-state index is 13.4. The van der Waals surface area contributed by atoms with Gasteiger partial charge in [0.15, 0.2) is 11.6 Å². The molecule has 0 saturated heterocycles. The van der Waals surface area contributed by atoms with Crippen molar-refractivity contribution in [1.29, 1.82) is 0 Å². The van der Waals surface area contributed by atoms with Gasteiger partial charge in [-0.1, -0.05) is 124 Å². The van der Waals surface area contributed by atoms with Crippen molar-refractivity contribution in [3.8, 4) is 0 Å². The van der Waals surface area contributed by atoms with E-state index < -0.39 is 0 Å². The smallest absolute Gasteiger partial charge is 0.197 e. The monoisotopic (exact) mass is 657 g/mol. The van der Waals surface area contributed by atoms with Crippen LogP contribution in [0.1, 0.15) is 52.6 Å². The largest absolute Gasteiger partial charge is 0.310 e. The predicted octanol–water partition coefficient (Wildman–Crippen LogP) is 12.5.